The molecule has 222 valence electrons. The second-order valence-corrected chi connectivity index (χ2v) is 10.8. The Bertz CT molecular complexity index is 1420. The summed E-state index contributed by atoms with van der Waals surface area (Å²) in [5.41, 5.74) is -0.448. The maximum atomic E-state index is 12.8. The predicted octanol–water partition coefficient (Wildman–Crippen LogP) is 6.35. The van der Waals surface area contributed by atoms with E-state index in [0.29, 0.717) is 45.5 Å². The van der Waals surface area contributed by atoms with Crippen LogP contribution in [0.2, 0.25) is 0 Å². The number of rotatable bonds is 10. The van der Waals surface area contributed by atoms with Crippen LogP contribution in [-0.4, -0.2) is 43.4 Å². The lowest BCUT2D eigenvalue weighted by Crippen LogP contribution is -2.26. The predicted molar refractivity (Wildman–Crippen MR) is 140 cm³/mol. The van der Waals surface area contributed by atoms with Crippen LogP contribution in [-0.2, 0) is 34.8 Å². The number of carbonyl (C=O) groups excluding carboxylic acids is 2. The number of thioether (sulfide) groups is 2. The molecular weight excluding hydrogens is 610 g/mol. The number of hydrogen-bond acceptors (Lipinski definition) is 8. The van der Waals surface area contributed by atoms with Crippen molar-refractivity contribution >= 4 is 35.5 Å². The van der Waals surface area contributed by atoms with Crippen LogP contribution in [0.25, 0.3) is 0 Å². The topological polar surface area (TPSA) is 110 Å². The van der Waals surface area contributed by atoms with Crippen molar-refractivity contribution in [3.63, 3.8) is 0 Å². The van der Waals surface area contributed by atoms with Crippen LogP contribution in [0.5, 0.6) is 12.0 Å². The summed E-state index contributed by atoms with van der Waals surface area (Å²) in [6, 6.07) is 9.31. The standard InChI is InChI=1S/C26H20F6N4O4S2/c27-25(28,29)15-3-1-5-19(11-15)41-9-7-17-13-33-23(35-17)39-21(37)22(38)40-24-34-14-18(36-24)8-10-42-20-6-2-4-16(12-20)26(30,31)32/h1-6,11-14H,7-10H2,(H,33,35)(H,34,36). The van der Waals surface area contributed by atoms with Crippen molar-refractivity contribution in [3.8, 4) is 12.0 Å². The highest BCUT2D eigenvalue weighted by Crippen LogP contribution is 2.33. The number of nitrogens with zero attached hydrogens (tertiary/aromatic N) is 2. The maximum Gasteiger partial charge on any atom is 0.425 e. The first kappa shape index (κ1) is 31.0. The van der Waals surface area contributed by atoms with Crippen LogP contribution in [0.4, 0.5) is 26.3 Å². The number of halogens is 6. The summed E-state index contributed by atoms with van der Waals surface area (Å²) in [5, 5.41) is 0. The van der Waals surface area contributed by atoms with Gasteiger partial charge in [-0.05, 0) is 49.2 Å². The molecule has 8 nitrogen and oxygen atoms in total. The number of esters is 2. The summed E-state index contributed by atoms with van der Waals surface area (Å²) < 4.78 is 86.8. The van der Waals surface area contributed by atoms with Gasteiger partial charge in [0.1, 0.15) is 0 Å². The minimum atomic E-state index is -4.43. The lowest BCUT2D eigenvalue weighted by Gasteiger charge is -2.08. The van der Waals surface area contributed by atoms with E-state index in [1.54, 1.807) is 12.1 Å². The third-order valence-electron chi connectivity index (χ3n) is 5.36. The van der Waals surface area contributed by atoms with Crippen molar-refractivity contribution in [2.24, 2.45) is 0 Å². The molecule has 2 aromatic carbocycles. The number of ether oxygens (including phenoxy) is 2. The Morgan fingerprint density at radius 1 is 0.690 bits per heavy atom. The molecule has 16 heteroatoms. The maximum absolute atomic E-state index is 12.8. The van der Waals surface area contributed by atoms with E-state index in [9.17, 15) is 35.9 Å². The Labute approximate surface area is 242 Å². The van der Waals surface area contributed by atoms with Gasteiger partial charge in [-0.15, -0.1) is 23.5 Å². The fraction of sp³-hybridized carbons (Fsp3) is 0.231. The lowest BCUT2D eigenvalue weighted by molar-refractivity contribution is -0.156. The number of imidazole rings is 2. The molecule has 0 aliphatic heterocycles. The van der Waals surface area contributed by atoms with E-state index in [1.165, 1.54) is 48.1 Å². The molecule has 0 unspecified atom stereocenters. The van der Waals surface area contributed by atoms with Gasteiger partial charge in [0.25, 0.3) is 0 Å². The first-order valence-corrected chi connectivity index (χ1v) is 14.0. The number of hydrogen-bond donors (Lipinski definition) is 2. The molecule has 0 aliphatic carbocycles. The van der Waals surface area contributed by atoms with E-state index < -0.39 is 35.4 Å². The summed E-state index contributed by atoms with van der Waals surface area (Å²) in [6.45, 7) is 0. The molecule has 0 saturated carbocycles. The summed E-state index contributed by atoms with van der Waals surface area (Å²) in [4.78, 5) is 38.1. The second kappa shape index (κ2) is 13.4. The number of alkyl halides is 6. The molecule has 0 amide bonds. The molecule has 0 radical (unpaired) electrons. The number of aryl methyl sites for hydroxylation is 2. The average molecular weight is 631 g/mol. The Kier molecular flexibility index (Phi) is 9.88. The minimum Gasteiger partial charge on any atom is -0.384 e. The Balaban J connectivity index is 1.19. The van der Waals surface area contributed by atoms with Gasteiger partial charge >= 0.3 is 36.3 Å². The molecule has 2 heterocycles. The number of aromatic nitrogens is 4. The summed E-state index contributed by atoms with van der Waals surface area (Å²) in [6.07, 6.45) is -5.44. The van der Waals surface area contributed by atoms with Gasteiger partial charge in [-0.1, -0.05) is 12.1 Å². The molecule has 4 aromatic rings. The third-order valence-corrected chi connectivity index (χ3v) is 7.35. The van der Waals surface area contributed by atoms with Crippen LogP contribution >= 0.6 is 23.5 Å². The van der Waals surface area contributed by atoms with Gasteiger partial charge in [0, 0.05) is 32.7 Å². The minimum absolute atomic E-state index is 0.275. The fourth-order valence-electron chi connectivity index (χ4n) is 3.38. The zero-order chi connectivity index (χ0) is 30.3. The number of carbonyl (C=O) groups is 2. The largest absolute Gasteiger partial charge is 0.425 e. The number of nitrogens with one attached hydrogen (secondary N) is 2. The number of H-pyrrole nitrogens is 2. The molecular formula is C26H20F6N4O4S2. The third kappa shape index (κ3) is 9.04. The first-order chi connectivity index (χ1) is 19.9. The zero-order valence-corrected chi connectivity index (χ0v) is 22.8. The Morgan fingerprint density at radius 2 is 1.10 bits per heavy atom. The van der Waals surface area contributed by atoms with Crippen molar-refractivity contribution in [2.75, 3.05) is 11.5 Å². The van der Waals surface area contributed by atoms with Crippen LogP contribution in [0.15, 0.2) is 70.7 Å². The van der Waals surface area contributed by atoms with Gasteiger partial charge < -0.3 is 19.4 Å². The Hall–Kier alpha value is -3.92. The van der Waals surface area contributed by atoms with Crippen molar-refractivity contribution < 1.29 is 45.4 Å². The fourth-order valence-corrected chi connectivity index (χ4v) is 5.26. The highest BCUT2D eigenvalue weighted by Gasteiger charge is 2.31. The van der Waals surface area contributed by atoms with Gasteiger partial charge in [0.05, 0.1) is 23.5 Å². The zero-order valence-electron chi connectivity index (χ0n) is 21.2. The van der Waals surface area contributed by atoms with Gasteiger partial charge in [0.2, 0.25) is 0 Å². The number of benzene rings is 2. The van der Waals surface area contributed by atoms with E-state index in [0.717, 1.165) is 24.3 Å². The van der Waals surface area contributed by atoms with E-state index in [4.69, 9.17) is 9.47 Å². The molecule has 42 heavy (non-hydrogen) atoms. The van der Waals surface area contributed by atoms with Crippen molar-refractivity contribution in [1.82, 2.24) is 19.9 Å². The SMILES string of the molecule is O=C(Oc1ncc(CCSc2cccc(C(F)(F)F)c2)[nH]1)C(=O)Oc1ncc(CCSc2cccc(C(F)(F)F)c2)[nH]1. The molecule has 0 bridgehead atoms. The molecule has 0 saturated heterocycles. The molecule has 2 N–H and O–H groups in total. The van der Waals surface area contributed by atoms with Crippen molar-refractivity contribution in [1.29, 1.82) is 0 Å². The molecule has 0 aliphatic rings. The van der Waals surface area contributed by atoms with Crippen molar-refractivity contribution in [3.05, 3.63) is 83.4 Å². The van der Waals surface area contributed by atoms with E-state index in [-0.39, 0.29) is 12.0 Å². The highest BCUT2D eigenvalue weighted by molar-refractivity contribution is 7.99. The van der Waals surface area contributed by atoms with Gasteiger partial charge in [-0.2, -0.15) is 26.3 Å². The monoisotopic (exact) mass is 630 g/mol. The van der Waals surface area contributed by atoms with Crippen molar-refractivity contribution in [2.45, 2.75) is 35.0 Å². The smallest absolute Gasteiger partial charge is 0.384 e. The van der Waals surface area contributed by atoms with Crippen LogP contribution in [0.1, 0.15) is 22.5 Å². The van der Waals surface area contributed by atoms with E-state index in [1.807, 2.05) is 0 Å². The quantitative estimate of drug-likeness (QED) is 0.0903. The van der Waals surface area contributed by atoms with Crippen LogP contribution in [0.3, 0.4) is 0 Å². The summed E-state index contributed by atoms with van der Waals surface area (Å²) in [7, 11) is 0. The normalized spacial score (nSPS) is 11.9. The molecule has 0 fully saturated rings. The van der Waals surface area contributed by atoms with E-state index >= 15 is 0 Å². The molecule has 2 aromatic heterocycles. The van der Waals surface area contributed by atoms with Gasteiger partial charge in [-0.3, -0.25) is 0 Å². The average Bonchev–Trinajstić information content (AvgIpc) is 3.57. The molecule has 0 spiro atoms. The van der Waals surface area contributed by atoms with E-state index in [2.05, 4.69) is 19.9 Å². The summed E-state index contributed by atoms with van der Waals surface area (Å²) in [5.74, 6) is -1.96. The first-order valence-electron chi connectivity index (χ1n) is 12.0. The second-order valence-electron chi connectivity index (χ2n) is 8.45. The molecule has 4 rings (SSSR count). The number of aromatic amines is 2. The lowest BCUT2D eigenvalue weighted by atomic mass is 10.2. The van der Waals surface area contributed by atoms with Crippen LogP contribution in [0, 0.1) is 0 Å². The highest BCUT2D eigenvalue weighted by atomic mass is 32.2. The summed E-state index contributed by atoms with van der Waals surface area (Å²) >= 11 is 2.40. The molecule has 0 atom stereocenters. The van der Waals surface area contributed by atoms with Gasteiger partial charge in [0.15, 0.2) is 0 Å². The van der Waals surface area contributed by atoms with Crippen LogP contribution < -0.4 is 9.47 Å². The Morgan fingerprint density at radius 3 is 1.48 bits per heavy atom. The van der Waals surface area contributed by atoms with Gasteiger partial charge in [-0.25, -0.2) is 19.6 Å².